The summed E-state index contributed by atoms with van der Waals surface area (Å²) in [6.07, 6.45) is 0. The second-order valence-corrected chi connectivity index (χ2v) is 5.96. The molecule has 1 aromatic carbocycles. The second-order valence-electron chi connectivity index (χ2n) is 4.25. The van der Waals surface area contributed by atoms with E-state index in [0.29, 0.717) is 15.8 Å². The van der Waals surface area contributed by atoms with Crippen LogP contribution in [0.15, 0.2) is 35.1 Å². The van der Waals surface area contributed by atoms with Gasteiger partial charge >= 0.3 is 5.69 Å². The number of nitrogens with one attached hydrogen (secondary N) is 3. The van der Waals surface area contributed by atoms with Gasteiger partial charge in [-0.2, -0.15) is 0 Å². The zero-order chi connectivity index (χ0) is 14.1. The van der Waals surface area contributed by atoms with E-state index in [1.807, 2.05) is 12.1 Å². The van der Waals surface area contributed by atoms with Crippen molar-refractivity contribution in [3.05, 3.63) is 55.6 Å². The molecule has 0 aliphatic carbocycles. The fraction of sp³-hybridized carbons (Fsp3) is 0.0769. The number of fused-ring (bicyclic) bond motifs is 1. The van der Waals surface area contributed by atoms with Crippen LogP contribution in [0, 0.1) is 0 Å². The van der Waals surface area contributed by atoms with Crippen molar-refractivity contribution in [2.75, 3.05) is 0 Å². The minimum absolute atomic E-state index is 0.162. The quantitative estimate of drug-likeness (QED) is 0.695. The molecule has 0 saturated carbocycles. The van der Waals surface area contributed by atoms with Gasteiger partial charge in [-0.05, 0) is 29.8 Å². The zero-order valence-electron chi connectivity index (χ0n) is 10.2. The molecule has 0 spiro atoms. The van der Waals surface area contributed by atoms with Crippen LogP contribution in [-0.2, 0) is 6.54 Å². The number of rotatable bonds is 3. The summed E-state index contributed by atoms with van der Waals surface area (Å²) in [6, 6.07) is 8.87. The lowest BCUT2D eigenvalue weighted by Gasteiger charge is -2.03. The third kappa shape index (κ3) is 2.61. The van der Waals surface area contributed by atoms with Gasteiger partial charge in [-0.3, -0.25) is 4.79 Å². The van der Waals surface area contributed by atoms with E-state index in [1.165, 1.54) is 11.3 Å². The lowest BCUT2D eigenvalue weighted by Crippen LogP contribution is -2.21. The molecule has 0 radical (unpaired) electrons. The SMILES string of the molecule is O=C(NCc1ccc2[nH]c(=O)[nH]c2c1)c1ccc(Cl)s1. The molecule has 2 aromatic heterocycles. The number of thiophene rings is 1. The Balaban J connectivity index is 1.73. The van der Waals surface area contributed by atoms with E-state index in [-0.39, 0.29) is 11.6 Å². The van der Waals surface area contributed by atoms with Gasteiger partial charge in [0.05, 0.1) is 20.2 Å². The third-order valence-corrected chi connectivity index (χ3v) is 4.06. The van der Waals surface area contributed by atoms with Crippen LogP contribution in [-0.4, -0.2) is 15.9 Å². The number of halogens is 1. The van der Waals surface area contributed by atoms with Crippen LogP contribution in [0.2, 0.25) is 4.34 Å². The van der Waals surface area contributed by atoms with E-state index < -0.39 is 0 Å². The van der Waals surface area contributed by atoms with Crippen LogP contribution >= 0.6 is 22.9 Å². The Bertz CT molecular complexity index is 833. The summed E-state index contributed by atoms with van der Waals surface area (Å²) in [5.74, 6) is -0.162. The Morgan fingerprint density at radius 2 is 2.00 bits per heavy atom. The lowest BCUT2D eigenvalue weighted by atomic mass is 10.2. The Morgan fingerprint density at radius 3 is 2.75 bits per heavy atom. The Hall–Kier alpha value is -2.05. The van der Waals surface area contributed by atoms with Gasteiger partial charge in [-0.25, -0.2) is 4.79 Å². The smallest absolute Gasteiger partial charge is 0.323 e. The maximum Gasteiger partial charge on any atom is 0.323 e. The average Bonchev–Trinajstić information content (AvgIpc) is 3.00. The van der Waals surface area contributed by atoms with E-state index in [2.05, 4.69) is 15.3 Å². The first-order chi connectivity index (χ1) is 9.61. The summed E-state index contributed by atoms with van der Waals surface area (Å²) in [6.45, 7) is 0.386. The van der Waals surface area contributed by atoms with E-state index in [9.17, 15) is 9.59 Å². The van der Waals surface area contributed by atoms with E-state index >= 15 is 0 Å². The molecule has 1 amide bonds. The summed E-state index contributed by atoms with van der Waals surface area (Å²) in [7, 11) is 0. The number of H-pyrrole nitrogens is 2. The molecule has 3 N–H and O–H groups in total. The van der Waals surface area contributed by atoms with Crippen molar-refractivity contribution < 1.29 is 4.79 Å². The maximum absolute atomic E-state index is 11.9. The lowest BCUT2D eigenvalue weighted by molar-refractivity contribution is 0.0955. The van der Waals surface area contributed by atoms with Crippen LogP contribution in [0.3, 0.4) is 0 Å². The molecule has 0 aliphatic rings. The number of hydrogen-bond acceptors (Lipinski definition) is 3. The minimum Gasteiger partial charge on any atom is -0.347 e. The minimum atomic E-state index is -0.241. The molecule has 7 heteroatoms. The number of carbonyl (C=O) groups excluding carboxylic acids is 1. The molecule has 20 heavy (non-hydrogen) atoms. The summed E-state index contributed by atoms with van der Waals surface area (Å²) < 4.78 is 0.585. The van der Waals surface area contributed by atoms with Crippen molar-refractivity contribution in [1.29, 1.82) is 0 Å². The van der Waals surface area contributed by atoms with Crippen molar-refractivity contribution in [2.45, 2.75) is 6.54 Å². The Labute approximate surface area is 122 Å². The molecule has 0 unspecified atom stereocenters. The van der Waals surface area contributed by atoms with Crippen molar-refractivity contribution in [3.63, 3.8) is 0 Å². The first kappa shape index (κ1) is 13.0. The molecular weight excluding hydrogens is 298 g/mol. The Kier molecular flexibility index (Phi) is 3.33. The first-order valence-corrected chi connectivity index (χ1v) is 7.06. The van der Waals surface area contributed by atoms with Gasteiger partial charge in [0, 0.05) is 6.54 Å². The van der Waals surface area contributed by atoms with Crippen LogP contribution in [0.25, 0.3) is 11.0 Å². The second kappa shape index (κ2) is 5.15. The normalized spacial score (nSPS) is 10.8. The molecule has 3 rings (SSSR count). The standard InChI is InChI=1S/C13H10ClN3O2S/c14-11-4-3-10(20-11)12(18)15-6-7-1-2-8-9(5-7)17-13(19)16-8/h1-5H,6H2,(H,15,18)(H2,16,17,19). The molecule has 0 bridgehead atoms. The molecular formula is C13H10ClN3O2S. The number of aromatic nitrogens is 2. The predicted octanol–water partition coefficient (Wildman–Crippen LogP) is 2.50. The predicted molar refractivity (Wildman–Crippen MR) is 79.4 cm³/mol. The van der Waals surface area contributed by atoms with Crippen LogP contribution < -0.4 is 11.0 Å². The maximum atomic E-state index is 11.9. The summed E-state index contributed by atoms with van der Waals surface area (Å²) in [5.41, 5.74) is 2.13. The van der Waals surface area contributed by atoms with Gasteiger partial charge < -0.3 is 15.3 Å². The highest BCUT2D eigenvalue weighted by Gasteiger charge is 2.08. The molecule has 0 fully saturated rings. The number of imidazole rings is 1. The van der Waals surface area contributed by atoms with Crippen molar-refractivity contribution in [3.8, 4) is 0 Å². The highest BCUT2D eigenvalue weighted by molar-refractivity contribution is 7.17. The third-order valence-electron chi connectivity index (χ3n) is 2.83. The first-order valence-electron chi connectivity index (χ1n) is 5.86. The number of amides is 1. The molecule has 0 aliphatic heterocycles. The van der Waals surface area contributed by atoms with Gasteiger partial charge in [0.25, 0.3) is 5.91 Å². The molecule has 2 heterocycles. The highest BCUT2D eigenvalue weighted by Crippen LogP contribution is 2.21. The van der Waals surface area contributed by atoms with Gasteiger partial charge in [0.1, 0.15) is 0 Å². The number of benzene rings is 1. The molecule has 0 atom stereocenters. The fourth-order valence-corrected chi connectivity index (χ4v) is 2.85. The fourth-order valence-electron chi connectivity index (χ4n) is 1.90. The molecule has 5 nitrogen and oxygen atoms in total. The van der Waals surface area contributed by atoms with Gasteiger partial charge in [0.15, 0.2) is 0 Å². The van der Waals surface area contributed by atoms with Gasteiger partial charge in [0.2, 0.25) is 0 Å². The van der Waals surface area contributed by atoms with Crippen LogP contribution in [0.4, 0.5) is 0 Å². The van der Waals surface area contributed by atoms with Crippen LogP contribution in [0.1, 0.15) is 15.2 Å². The van der Waals surface area contributed by atoms with E-state index in [0.717, 1.165) is 16.6 Å². The highest BCUT2D eigenvalue weighted by atomic mass is 35.5. The average molecular weight is 308 g/mol. The molecule has 102 valence electrons. The van der Waals surface area contributed by atoms with Gasteiger partial charge in [-0.1, -0.05) is 17.7 Å². The monoisotopic (exact) mass is 307 g/mol. The molecule has 0 saturated heterocycles. The number of aromatic amines is 2. The van der Waals surface area contributed by atoms with Crippen molar-refractivity contribution >= 4 is 39.9 Å². The number of hydrogen-bond donors (Lipinski definition) is 3. The summed E-state index contributed by atoms with van der Waals surface area (Å²) in [5, 5.41) is 2.81. The topological polar surface area (TPSA) is 77.8 Å². The van der Waals surface area contributed by atoms with Crippen molar-refractivity contribution in [2.24, 2.45) is 0 Å². The number of carbonyl (C=O) groups is 1. The Morgan fingerprint density at radius 1 is 1.20 bits per heavy atom. The van der Waals surface area contributed by atoms with Gasteiger partial charge in [-0.15, -0.1) is 11.3 Å². The van der Waals surface area contributed by atoms with Crippen molar-refractivity contribution in [1.82, 2.24) is 15.3 Å². The molecule has 3 aromatic rings. The largest absolute Gasteiger partial charge is 0.347 e. The van der Waals surface area contributed by atoms with E-state index in [4.69, 9.17) is 11.6 Å². The summed E-state index contributed by atoms with van der Waals surface area (Å²) >= 11 is 7.03. The zero-order valence-corrected chi connectivity index (χ0v) is 11.8. The van der Waals surface area contributed by atoms with E-state index in [1.54, 1.807) is 18.2 Å². The van der Waals surface area contributed by atoms with Crippen LogP contribution in [0.5, 0.6) is 0 Å². The summed E-state index contributed by atoms with van der Waals surface area (Å²) in [4.78, 5) is 29.0.